The predicted octanol–water partition coefficient (Wildman–Crippen LogP) is 3.86. The Morgan fingerprint density at radius 1 is 1.21 bits per heavy atom. The van der Waals surface area contributed by atoms with Gasteiger partial charge in [0.05, 0.1) is 22.5 Å². The Bertz CT molecular complexity index is 1260. The van der Waals surface area contributed by atoms with Gasteiger partial charge in [0.2, 0.25) is 15.9 Å². The second-order valence-corrected chi connectivity index (χ2v) is 9.79. The summed E-state index contributed by atoms with van der Waals surface area (Å²) in [6.07, 6.45) is 1.78. The summed E-state index contributed by atoms with van der Waals surface area (Å²) in [7, 11) is -0.537. The molecule has 0 bridgehead atoms. The molecule has 0 saturated heterocycles. The Balaban J connectivity index is 0.00000272. The van der Waals surface area contributed by atoms with Crippen LogP contribution in [-0.2, 0) is 23.0 Å². The van der Waals surface area contributed by atoms with E-state index in [0.29, 0.717) is 17.5 Å². The van der Waals surface area contributed by atoms with E-state index in [-0.39, 0.29) is 54.5 Å². The molecule has 0 amide bonds. The number of aromatic nitrogens is 2. The van der Waals surface area contributed by atoms with Gasteiger partial charge < -0.3 is 15.4 Å². The molecule has 0 spiro atoms. The second-order valence-electron chi connectivity index (χ2n) is 7.64. The van der Waals surface area contributed by atoms with Crippen LogP contribution in [0.15, 0.2) is 47.1 Å². The fraction of sp³-hybridized carbons (Fsp3) is 0.318. The lowest BCUT2D eigenvalue weighted by Gasteiger charge is -2.12. The molecule has 0 aliphatic carbocycles. The minimum Gasteiger partial charge on any atom is -0.493 e. The van der Waals surface area contributed by atoms with Crippen LogP contribution in [0.2, 0.25) is 0 Å². The van der Waals surface area contributed by atoms with Gasteiger partial charge in [-0.15, -0.1) is 24.8 Å². The van der Waals surface area contributed by atoms with E-state index in [1.165, 1.54) is 20.2 Å². The van der Waals surface area contributed by atoms with Gasteiger partial charge in [-0.1, -0.05) is 12.1 Å². The third-order valence-corrected chi connectivity index (χ3v) is 7.15. The summed E-state index contributed by atoms with van der Waals surface area (Å²) in [5, 5.41) is 10.2. The summed E-state index contributed by atoms with van der Waals surface area (Å²) >= 11 is 0. The standard InChI is InChI=1S/C22H27FN4O3S.2ClH/c1-14-11-20-21(25-22(14)28)19(15(2)27(20)13-17(23)9-10-24)12-16-5-7-18(8-6-16)31(29,30)26(3)4;;/h5-9,11H,10,12-13,24H2,1-4H3,(H,25,28);2*1H. The fourth-order valence-electron chi connectivity index (χ4n) is 3.49. The van der Waals surface area contributed by atoms with Crippen LogP contribution in [-0.4, -0.2) is 48.0 Å². The van der Waals surface area contributed by atoms with E-state index in [0.717, 1.165) is 26.6 Å². The van der Waals surface area contributed by atoms with E-state index in [1.807, 2.05) is 11.5 Å². The average Bonchev–Trinajstić information content (AvgIpc) is 2.94. The number of fused-ring (bicyclic) bond motifs is 1. The third-order valence-electron chi connectivity index (χ3n) is 5.32. The van der Waals surface area contributed by atoms with Crippen molar-refractivity contribution in [1.82, 2.24) is 13.9 Å². The second kappa shape index (κ2) is 11.3. The number of rotatable bonds is 7. The molecule has 3 N–H and O–H groups in total. The highest BCUT2D eigenvalue weighted by Gasteiger charge is 2.20. The van der Waals surface area contributed by atoms with Gasteiger partial charge in [0.1, 0.15) is 5.83 Å². The molecule has 0 unspecified atom stereocenters. The average molecular weight is 519 g/mol. The minimum absolute atomic E-state index is 0. The SMILES string of the molecule is Cc1cc2c(nc1O)c(Cc1ccc(S(=O)(=O)N(C)C)cc1)c(C)n2CC(F)=CCN.Cl.Cl. The lowest BCUT2D eigenvalue weighted by Crippen LogP contribution is -2.22. The number of allylic oxidation sites excluding steroid dienone is 1. The predicted molar refractivity (Wildman–Crippen MR) is 134 cm³/mol. The number of aryl methyl sites for hydroxylation is 1. The molecule has 182 valence electrons. The molecule has 1 aromatic carbocycles. The maximum absolute atomic E-state index is 14.3. The van der Waals surface area contributed by atoms with Crippen molar-refractivity contribution in [2.45, 2.75) is 31.7 Å². The van der Waals surface area contributed by atoms with Crippen molar-refractivity contribution in [3.63, 3.8) is 0 Å². The van der Waals surface area contributed by atoms with Crippen molar-refractivity contribution in [3.8, 4) is 5.88 Å². The smallest absolute Gasteiger partial charge is 0.242 e. The number of sulfonamides is 1. The summed E-state index contributed by atoms with van der Waals surface area (Å²) in [5.74, 6) is -0.422. The third kappa shape index (κ3) is 5.85. The summed E-state index contributed by atoms with van der Waals surface area (Å²) in [5.41, 5.74) is 9.87. The van der Waals surface area contributed by atoms with E-state index < -0.39 is 10.0 Å². The molecule has 0 aliphatic rings. The van der Waals surface area contributed by atoms with Gasteiger partial charge in [0.15, 0.2) is 0 Å². The minimum atomic E-state index is -3.51. The maximum Gasteiger partial charge on any atom is 0.242 e. The van der Waals surface area contributed by atoms with E-state index >= 15 is 0 Å². The van der Waals surface area contributed by atoms with Gasteiger partial charge in [0.25, 0.3) is 0 Å². The monoisotopic (exact) mass is 518 g/mol. The first kappa shape index (κ1) is 28.9. The highest BCUT2D eigenvalue weighted by molar-refractivity contribution is 7.89. The van der Waals surface area contributed by atoms with Crippen molar-refractivity contribution in [1.29, 1.82) is 0 Å². The normalized spacial score (nSPS) is 12.0. The molecule has 2 aromatic heterocycles. The Kier molecular flexibility index (Phi) is 9.89. The molecular weight excluding hydrogens is 490 g/mol. The van der Waals surface area contributed by atoms with Crippen LogP contribution in [0.3, 0.4) is 0 Å². The van der Waals surface area contributed by atoms with Crippen molar-refractivity contribution < 1.29 is 17.9 Å². The molecule has 0 radical (unpaired) electrons. The number of aromatic hydroxyl groups is 1. The van der Waals surface area contributed by atoms with Gasteiger partial charge in [-0.2, -0.15) is 0 Å². The molecule has 11 heteroatoms. The lowest BCUT2D eigenvalue weighted by molar-refractivity contribution is 0.451. The van der Waals surface area contributed by atoms with E-state index in [1.54, 1.807) is 37.3 Å². The zero-order chi connectivity index (χ0) is 22.9. The number of halogens is 3. The van der Waals surface area contributed by atoms with Gasteiger partial charge in [-0.25, -0.2) is 22.1 Å². The zero-order valence-corrected chi connectivity index (χ0v) is 21.3. The summed E-state index contributed by atoms with van der Waals surface area (Å²) in [6, 6.07) is 8.43. The first-order valence-corrected chi connectivity index (χ1v) is 11.2. The van der Waals surface area contributed by atoms with Crippen LogP contribution >= 0.6 is 24.8 Å². The van der Waals surface area contributed by atoms with Crippen LogP contribution in [0, 0.1) is 13.8 Å². The first-order chi connectivity index (χ1) is 14.6. The topological polar surface area (TPSA) is 101 Å². The molecule has 3 aromatic rings. The molecule has 0 atom stereocenters. The lowest BCUT2D eigenvalue weighted by atomic mass is 10.0. The van der Waals surface area contributed by atoms with Crippen LogP contribution in [0.25, 0.3) is 11.0 Å². The molecule has 3 rings (SSSR count). The number of benzene rings is 1. The van der Waals surface area contributed by atoms with Crippen LogP contribution < -0.4 is 5.73 Å². The summed E-state index contributed by atoms with van der Waals surface area (Å²) in [6.45, 7) is 3.75. The highest BCUT2D eigenvalue weighted by Crippen LogP contribution is 2.31. The maximum atomic E-state index is 14.3. The van der Waals surface area contributed by atoms with Crippen LogP contribution in [0.5, 0.6) is 5.88 Å². The summed E-state index contributed by atoms with van der Waals surface area (Å²) in [4.78, 5) is 4.56. The van der Waals surface area contributed by atoms with E-state index in [9.17, 15) is 17.9 Å². The Hall–Kier alpha value is -2.17. The number of pyridine rings is 1. The number of hydrogen-bond donors (Lipinski definition) is 2. The van der Waals surface area contributed by atoms with Gasteiger partial charge in [-0.05, 0) is 43.7 Å². The molecule has 0 fully saturated rings. The fourth-order valence-corrected chi connectivity index (χ4v) is 4.39. The van der Waals surface area contributed by atoms with Gasteiger partial charge >= 0.3 is 0 Å². The molecule has 7 nitrogen and oxygen atoms in total. The zero-order valence-electron chi connectivity index (χ0n) is 18.9. The van der Waals surface area contributed by atoms with Crippen LogP contribution in [0.1, 0.15) is 22.4 Å². The molecule has 0 aliphatic heterocycles. The Morgan fingerprint density at radius 3 is 2.36 bits per heavy atom. The number of nitrogens with zero attached hydrogens (tertiary/aromatic N) is 3. The van der Waals surface area contributed by atoms with Crippen molar-refractivity contribution in [2.24, 2.45) is 5.73 Å². The largest absolute Gasteiger partial charge is 0.493 e. The van der Waals surface area contributed by atoms with Crippen molar-refractivity contribution >= 4 is 45.9 Å². The molecular formula is C22H29Cl2FN4O3S. The highest BCUT2D eigenvalue weighted by atomic mass is 35.5. The molecule has 0 saturated carbocycles. The molecule has 2 heterocycles. The van der Waals surface area contributed by atoms with Crippen LogP contribution in [0.4, 0.5) is 4.39 Å². The van der Waals surface area contributed by atoms with Crippen molar-refractivity contribution in [3.05, 3.63) is 64.6 Å². The Labute approximate surface area is 206 Å². The van der Waals surface area contributed by atoms with Gasteiger partial charge in [0, 0.05) is 43.9 Å². The molecule has 33 heavy (non-hydrogen) atoms. The van der Waals surface area contributed by atoms with E-state index in [2.05, 4.69) is 4.98 Å². The van der Waals surface area contributed by atoms with Gasteiger partial charge in [-0.3, -0.25) is 0 Å². The van der Waals surface area contributed by atoms with E-state index in [4.69, 9.17) is 5.73 Å². The quantitative estimate of drug-likeness (QED) is 0.494. The number of nitrogens with two attached hydrogens (primary N) is 1. The summed E-state index contributed by atoms with van der Waals surface area (Å²) < 4.78 is 41.8. The Morgan fingerprint density at radius 2 is 1.82 bits per heavy atom. The number of hydrogen-bond acceptors (Lipinski definition) is 5. The van der Waals surface area contributed by atoms with Crippen molar-refractivity contribution in [2.75, 3.05) is 20.6 Å². The first-order valence-electron chi connectivity index (χ1n) is 9.80.